The number of methoxy groups -OCH3 is 1. The molecule has 0 atom stereocenters. The third-order valence-electron chi connectivity index (χ3n) is 4.04. The second kappa shape index (κ2) is 7.77. The van der Waals surface area contributed by atoms with Crippen molar-refractivity contribution in [2.24, 2.45) is 0 Å². The fourth-order valence-electron chi connectivity index (χ4n) is 2.78. The highest BCUT2D eigenvalue weighted by molar-refractivity contribution is 6.26. The summed E-state index contributed by atoms with van der Waals surface area (Å²) in [5.41, 5.74) is 2.50. The van der Waals surface area contributed by atoms with E-state index in [9.17, 15) is 9.59 Å². The van der Waals surface area contributed by atoms with Crippen LogP contribution in [0.4, 0.5) is 0 Å². The highest BCUT2D eigenvalue weighted by Gasteiger charge is 2.31. The summed E-state index contributed by atoms with van der Waals surface area (Å²) in [5.74, 6) is -0.354. The lowest BCUT2D eigenvalue weighted by Crippen LogP contribution is -2.37. The van der Waals surface area contributed by atoms with Crippen molar-refractivity contribution in [2.75, 3.05) is 20.3 Å². The maximum Gasteiger partial charge on any atom is 0.211 e. The molecule has 128 valence electrons. The Morgan fingerprint density at radius 2 is 1.36 bits per heavy atom. The molecule has 0 amide bonds. The first-order valence-electron chi connectivity index (χ1n) is 8.15. The van der Waals surface area contributed by atoms with E-state index in [0.29, 0.717) is 42.2 Å². The average Bonchev–Trinajstić information content (AvgIpc) is 2.66. The molecule has 0 saturated heterocycles. The molecule has 2 aromatic carbocycles. The average molecular weight is 336 g/mol. The molecule has 2 aromatic rings. The fraction of sp³-hybridized carbons (Fsp3) is 0.200. The molecule has 2 N–H and O–H groups in total. The number of allylic oxidation sites excluding steroid dienone is 2. The molecule has 0 fully saturated rings. The van der Waals surface area contributed by atoms with Gasteiger partial charge < -0.3 is 15.4 Å². The molecule has 25 heavy (non-hydrogen) atoms. The van der Waals surface area contributed by atoms with E-state index < -0.39 is 0 Å². The van der Waals surface area contributed by atoms with Crippen LogP contribution in [0.3, 0.4) is 0 Å². The monoisotopic (exact) mass is 336 g/mol. The summed E-state index contributed by atoms with van der Waals surface area (Å²) in [4.78, 5) is 25.7. The van der Waals surface area contributed by atoms with Crippen molar-refractivity contribution in [3.05, 3.63) is 82.7 Å². The molecule has 0 bridgehead atoms. The number of ketones is 2. The zero-order chi connectivity index (χ0) is 17.6. The quantitative estimate of drug-likeness (QED) is 0.760. The number of nitrogens with one attached hydrogen (secondary N) is 2. The molecule has 1 aliphatic rings. The van der Waals surface area contributed by atoms with Gasteiger partial charge in [-0.3, -0.25) is 9.59 Å². The molecule has 0 spiro atoms. The van der Waals surface area contributed by atoms with E-state index in [-0.39, 0.29) is 11.6 Å². The van der Waals surface area contributed by atoms with E-state index in [1.807, 2.05) is 30.3 Å². The van der Waals surface area contributed by atoms with Gasteiger partial charge in [-0.25, -0.2) is 0 Å². The van der Waals surface area contributed by atoms with Crippen LogP contribution in [0.5, 0.6) is 0 Å². The summed E-state index contributed by atoms with van der Waals surface area (Å²) in [6, 6.07) is 16.6. The third-order valence-corrected chi connectivity index (χ3v) is 4.04. The normalized spacial score (nSPS) is 13.6. The maximum absolute atomic E-state index is 12.9. The second-order valence-electron chi connectivity index (χ2n) is 5.71. The van der Waals surface area contributed by atoms with Crippen LogP contribution >= 0.6 is 0 Å². The number of rotatable bonds is 7. The highest BCUT2D eigenvalue weighted by atomic mass is 16.5. The Kier molecular flexibility index (Phi) is 5.26. The molecular formula is C20H20N2O3. The molecular weight excluding hydrogens is 316 g/mol. The van der Waals surface area contributed by atoms with Gasteiger partial charge in [0.15, 0.2) is 0 Å². The van der Waals surface area contributed by atoms with E-state index in [4.69, 9.17) is 4.74 Å². The summed E-state index contributed by atoms with van der Waals surface area (Å²) in [5, 5.41) is 6.19. The van der Waals surface area contributed by atoms with Crippen LogP contribution in [0.25, 0.3) is 0 Å². The minimum atomic E-state index is -0.179. The summed E-state index contributed by atoms with van der Waals surface area (Å²) in [6.07, 6.45) is 0. The maximum atomic E-state index is 12.9. The number of hydrogen-bond donors (Lipinski definition) is 2. The van der Waals surface area contributed by atoms with Gasteiger partial charge in [0.25, 0.3) is 0 Å². The van der Waals surface area contributed by atoms with Gasteiger partial charge in [-0.15, -0.1) is 0 Å². The molecule has 0 aliphatic heterocycles. The van der Waals surface area contributed by atoms with E-state index in [1.54, 1.807) is 31.4 Å². The number of fused-ring (bicyclic) bond motifs is 1. The first-order chi connectivity index (χ1) is 12.2. The number of Topliss-reactive ketones (excluding diaryl/α,β-unsaturated/α-hetero) is 2. The predicted molar refractivity (Wildman–Crippen MR) is 95.3 cm³/mol. The van der Waals surface area contributed by atoms with Crippen LogP contribution < -0.4 is 10.6 Å². The first kappa shape index (κ1) is 16.9. The summed E-state index contributed by atoms with van der Waals surface area (Å²) in [7, 11) is 1.59. The van der Waals surface area contributed by atoms with Crippen molar-refractivity contribution in [3.8, 4) is 0 Å². The Morgan fingerprint density at radius 3 is 1.96 bits per heavy atom. The van der Waals surface area contributed by atoms with E-state index >= 15 is 0 Å². The van der Waals surface area contributed by atoms with Crippen molar-refractivity contribution < 1.29 is 14.3 Å². The smallest absolute Gasteiger partial charge is 0.211 e. The minimum Gasteiger partial charge on any atom is -0.383 e. The first-order valence-corrected chi connectivity index (χ1v) is 8.15. The number of carbonyl (C=O) groups is 2. The van der Waals surface area contributed by atoms with Crippen LogP contribution in [0.1, 0.15) is 26.3 Å². The zero-order valence-electron chi connectivity index (χ0n) is 14.0. The van der Waals surface area contributed by atoms with Gasteiger partial charge in [0.05, 0.1) is 6.61 Å². The summed E-state index contributed by atoms with van der Waals surface area (Å²) < 4.78 is 5.03. The standard InChI is InChI=1S/C20H20N2O3/c1-25-12-11-21-17-18(22-13-14-7-3-2-4-8-14)20(24)16-10-6-5-9-15(16)19(17)23/h2-10,21-22H,11-13H2,1H3. The van der Waals surface area contributed by atoms with Gasteiger partial charge in [0, 0.05) is 31.3 Å². The van der Waals surface area contributed by atoms with Crippen LogP contribution in [-0.4, -0.2) is 31.8 Å². The lowest BCUT2D eigenvalue weighted by Gasteiger charge is -2.23. The topological polar surface area (TPSA) is 67.4 Å². The Bertz CT molecular complexity index is 813. The van der Waals surface area contributed by atoms with Gasteiger partial charge in [-0.05, 0) is 5.56 Å². The van der Waals surface area contributed by atoms with Crippen molar-refractivity contribution in [2.45, 2.75) is 6.54 Å². The Labute approximate surface area is 146 Å². The third kappa shape index (κ3) is 3.61. The van der Waals surface area contributed by atoms with Crippen LogP contribution in [0, 0.1) is 0 Å². The van der Waals surface area contributed by atoms with Crippen molar-refractivity contribution in [1.82, 2.24) is 10.6 Å². The van der Waals surface area contributed by atoms with Gasteiger partial charge >= 0.3 is 0 Å². The molecule has 0 unspecified atom stereocenters. The van der Waals surface area contributed by atoms with Crippen molar-refractivity contribution >= 4 is 11.6 Å². The molecule has 0 aromatic heterocycles. The Hall–Kier alpha value is -2.92. The molecule has 3 rings (SSSR count). The largest absolute Gasteiger partial charge is 0.383 e. The molecule has 0 radical (unpaired) electrons. The zero-order valence-corrected chi connectivity index (χ0v) is 14.0. The van der Waals surface area contributed by atoms with E-state index in [2.05, 4.69) is 10.6 Å². The van der Waals surface area contributed by atoms with Crippen molar-refractivity contribution in [1.29, 1.82) is 0 Å². The summed E-state index contributed by atoms with van der Waals surface area (Å²) >= 11 is 0. The minimum absolute atomic E-state index is 0.175. The lowest BCUT2D eigenvalue weighted by atomic mass is 9.90. The molecule has 1 aliphatic carbocycles. The fourth-order valence-corrected chi connectivity index (χ4v) is 2.78. The van der Waals surface area contributed by atoms with Crippen LogP contribution in [0.2, 0.25) is 0 Å². The van der Waals surface area contributed by atoms with Gasteiger partial charge in [-0.2, -0.15) is 0 Å². The number of hydrogen-bond acceptors (Lipinski definition) is 5. The lowest BCUT2D eigenvalue weighted by molar-refractivity contribution is 0.0960. The van der Waals surface area contributed by atoms with E-state index in [0.717, 1.165) is 5.56 Å². The molecule has 0 saturated carbocycles. The number of carbonyl (C=O) groups excluding carboxylic acids is 2. The summed E-state index contributed by atoms with van der Waals surface area (Å²) in [6.45, 7) is 1.36. The van der Waals surface area contributed by atoms with Gasteiger partial charge in [-0.1, -0.05) is 54.6 Å². The van der Waals surface area contributed by atoms with Crippen LogP contribution in [0.15, 0.2) is 66.0 Å². The predicted octanol–water partition coefficient (Wildman–Crippen LogP) is 2.30. The van der Waals surface area contributed by atoms with Gasteiger partial charge in [0.2, 0.25) is 11.6 Å². The van der Waals surface area contributed by atoms with Gasteiger partial charge in [0.1, 0.15) is 11.4 Å². The SMILES string of the molecule is COCCNC1=C(NCc2ccccc2)C(=O)c2ccccc2C1=O. The number of ether oxygens (including phenoxy) is 1. The number of benzene rings is 2. The molecule has 5 heteroatoms. The van der Waals surface area contributed by atoms with Crippen LogP contribution in [-0.2, 0) is 11.3 Å². The molecule has 5 nitrogen and oxygen atoms in total. The second-order valence-corrected chi connectivity index (χ2v) is 5.71. The Morgan fingerprint density at radius 1 is 0.800 bits per heavy atom. The van der Waals surface area contributed by atoms with E-state index in [1.165, 1.54) is 0 Å². The molecule has 0 heterocycles. The Balaban J connectivity index is 1.91. The highest BCUT2D eigenvalue weighted by Crippen LogP contribution is 2.24. The van der Waals surface area contributed by atoms with Crippen molar-refractivity contribution in [3.63, 3.8) is 0 Å².